The summed E-state index contributed by atoms with van der Waals surface area (Å²) < 4.78 is 4.85. The van der Waals surface area contributed by atoms with E-state index in [1.807, 2.05) is 0 Å². The minimum atomic E-state index is -0.144. The molecular weight excluding hydrogens is 156 g/mol. The first-order valence-electron chi connectivity index (χ1n) is 3.95. The zero-order valence-corrected chi connectivity index (χ0v) is 7.26. The maximum Gasteiger partial charge on any atom is 0.231 e. The highest BCUT2D eigenvalue weighted by atomic mass is 16.5. The van der Waals surface area contributed by atoms with Crippen LogP contribution in [-0.2, 0) is 11.2 Å². The maximum atomic E-state index is 10.6. The molecule has 0 fully saturated rings. The van der Waals surface area contributed by atoms with Gasteiger partial charge in [0.1, 0.15) is 0 Å². The normalized spacial score (nSPS) is 9.83. The summed E-state index contributed by atoms with van der Waals surface area (Å²) in [6.45, 7) is 3.49. The van der Waals surface area contributed by atoms with Gasteiger partial charge in [-0.2, -0.15) is 0 Å². The third kappa shape index (κ3) is 2.38. The molecule has 0 bridgehead atoms. The van der Waals surface area contributed by atoms with E-state index in [1.165, 1.54) is 6.92 Å². The Hall–Kier alpha value is -1.32. The molecule has 0 aliphatic rings. The molecule has 1 heterocycles. The molecular formula is C8H12N2O2. The molecule has 4 nitrogen and oxygen atoms in total. The van der Waals surface area contributed by atoms with Gasteiger partial charge in [-0.15, -0.1) is 0 Å². The summed E-state index contributed by atoms with van der Waals surface area (Å²) in [5.41, 5.74) is 0.876. The number of amides is 1. The highest BCUT2D eigenvalue weighted by molar-refractivity contribution is 5.87. The van der Waals surface area contributed by atoms with Crippen molar-refractivity contribution < 1.29 is 9.32 Å². The van der Waals surface area contributed by atoms with Crippen molar-refractivity contribution in [1.82, 2.24) is 5.16 Å². The minimum absolute atomic E-state index is 0.144. The summed E-state index contributed by atoms with van der Waals surface area (Å²) in [6.07, 6.45) is 1.90. The van der Waals surface area contributed by atoms with Crippen molar-refractivity contribution in [3.05, 3.63) is 11.8 Å². The predicted octanol–water partition coefficient (Wildman–Crippen LogP) is 1.59. The van der Waals surface area contributed by atoms with Crippen molar-refractivity contribution in [2.24, 2.45) is 0 Å². The molecule has 1 aromatic rings. The number of carbonyl (C=O) groups excluding carboxylic acids is 1. The number of nitrogens with zero attached hydrogens (tertiary/aromatic N) is 1. The van der Waals surface area contributed by atoms with E-state index in [-0.39, 0.29) is 5.91 Å². The van der Waals surface area contributed by atoms with E-state index in [0.29, 0.717) is 5.88 Å². The van der Waals surface area contributed by atoms with Crippen molar-refractivity contribution in [3.8, 4) is 0 Å². The summed E-state index contributed by atoms with van der Waals surface area (Å²) >= 11 is 0. The minimum Gasteiger partial charge on any atom is -0.338 e. The van der Waals surface area contributed by atoms with Crippen LogP contribution in [-0.4, -0.2) is 11.1 Å². The Morgan fingerprint density at radius 2 is 2.50 bits per heavy atom. The molecule has 0 unspecified atom stereocenters. The summed E-state index contributed by atoms with van der Waals surface area (Å²) in [7, 11) is 0. The van der Waals surface area contributed by atoms with Crippen LogP contribution < -0.4 is 5.32 Å². The third-order valence-corrected chi connectivity index (χ3v) is 1.36. The third-order valence-electron chi connectivity index (χ3n) is 1.36. The van der Waals surface area contributed by atoms with Crippen LogP contribution in [0.25, 0.3) is 0 Å². The van der Waals surface area contributed by atoms with E-state index in [1.54, 1.807) is 6.07 Å². The fourth-order valence-electron chi connectivity index (χ4n) is 0.918. The first-order chi connectivity index (χ1) is 5.72. The second kappa shape index (κ2) is 3.90. The maximum absolute atomic E-state index is 10.6. The van der Waals surface area contributed by atoms with Crippen LogP contribution in [0.2, 0.25) is 0 Å². The first-order valence-corrected chi connectivity index (χ1v) is 3.95. The SMILES string of the molecule is CCCc1cc(NC(C)=O)on1. The number of rotatable bonds is 3. The second-order valence-electron chi connectivity index (χ2n) is 2.61. The number of aryl methyl sites for hydroxylation is 1. The lowest BCUT2D eigenvalue weighted by molar-refractivity contribution is -0.114. The van der Waals surface area contributed by atoms with Gasteiger partial charge in [-0.25, -0.2) is 0 Å². The molecule has 0 aliphatic heterocycles. The average Bonchev–Trinajstić information content (AvgIpc) is 2.36. The number of carbonyl (C=O) groups is 1. The van der Waals surface area contributed by atoms with Gasteiger partial charge in [0.2, 0.25) is 11.8 Å². The number of anilines is 1. The zero-order valence-electron chi connectivity index (χ0n) is 7.26. The lowest BCUT2D eigenvalue weighted by atomic mass is 10.2. The Labute approximate surface area is 70.9 Å². The monoisotopic (exact) mass is 168 g/mol. The molecule has 12 heavy (non-hydrogen) atoms. The van der Waals surface area contributed by atoms with Crippen LogP contribution in [0.15, 0.2) is 10.6 Å². The van der Waals surface area contributed by atoms with E-state index in [4.69, 9.17) is 4.52 Å². The zero-order chi connectivity index (χ0) is 8.97. The highest BCUT2D eigenvalue weighted by Gasteiger charge is 2.03. The van der Waals surface area contributed by atoms with Crippen LogP contribution in [0.5, 0.6) is 0 Å². The van der Waals surface area contributed by atoms with Crippen molar-refractivity contribution >= 4 is 11.8 Å². The quantitative estimate of drug-likeness (QED) is 0.745. The molecule has 0 radical (unpaired) electrons. The first kappa shape index (κ1) is 8.77. The van der Waals surface area contributed by atoms with Crippen molar-refractivity contribution in [1.29, 1.82) is 0 Å². The van der Waals surface area contributed by atoms with Gasteiger partial charge in [0.05, 0.1) is 5.69 Å². The predicted molar refractivity (Wildman–Crippen MR) is 44.8 cm³/mol. The van der Waals surface area contributed by atoms with E-state index >= 15 is 0 Å². The second-order valence-corrected chi connectivity index (χ2v) is 2.61. The molecule has 66 valence electrons. The molecule has 0 aromatic carbocycles. The molecule has 1 amide bonds. The van der Waals surface area contributed by atoms with Gasteiger partial charge in [-0.05, 0) is 6.42 Å². The van der Waals surface area contributed by atoms with Gasteiger partial charge in [0.15, 0.2) is 0 Å². The van der Waals surface area contributed by atoms with Crippen LogP contribution in [0.1, 0.15) is 26.0 Å². The Bertz CT molecular complexity index is 268. The Morgan fingerprint density at radius 1 is 1.75 bits per heavy atom. The van der Waals surface area contributed by atoms with E-state index < -0.39 is 0 Å². The van der Waals surface area contributed by atoms with Gasteiger partial charge in [0, 0.05) is 13.0 Å². The van der Waals surface area contributed by atoms with Crippen LogP contribution in [0, 0.1) is 0 Å². The fraction of sp³-hybridized carbons (Fsp3) is 0.500. The van der Waals surface area contributed by atoms with Gasteiger partial charge in [0.25, 0.3) is 0 Å². The fourth-order valence-corrected chi connectivity index (χ4v) is 0.918. The lowest BCUT2D eigenvalue weighted by Crippen LogP contribution is -2.04. The number of hydrogen-bond donors (Lipinski definition) is 1. The van der Waals surface area contributed by atoms with E-state index in [2.05, 4.69) is 17.4 Å². The van der Waals surface area contributed by atoms with Gasteiger partial charge in [-0.1, -0.05) is 18.5 Å². The molecule has 0 spiro atoms. The number of aromatic nitrogens is 1. The van der Waals surface area contributed by atoms with Crippen molar-refractivity contribution in [2.75, 3.05) is 5.32 Å². The summed E-state index contributed by atoms with van der Waals surface area (Å²) in [6, 6.07) is 1.74. The lowest BCUT2D eigenvalue weighted by Gasteiger charge is -1.90. The standard InChI is InChI=1S/C8H12N2O2/c1-3-4-7-5-8(12-10-7)9-6(2)11/h5H,3-4H2,1-2H3,(H,9,11). The summed E-state index contributed by atoms with van der Waals surface area (Å²) in [5, 5.41) is 6.28. The molecule has 0 saturated heterocycles. The average molecular weight is 168 g/mol. The van der Waals surface area contributed by atoms with E-state index in [9.17, 15) is 4.79 Å². The molecule has 1 aromatic heterocycles. The van der Waals surface area contributed by atoms with Crippen LogP contribution in [0.4, 0.5) is 5.88 Å². The van der Waals surface area contributed by atoms with Gasteiger partial charge >= 0.3 is 0 Å². The Morgan fingerprint density at radius 3 is 3.08 bits per heavy atom. The smallest absolute Gasteiger partial charge is 0.231 e. The highest BCUT2D eigenvalue weighted by Crippen LogP contribution is 2.10. The van der Waals surface area contributed by atoms with Crippen molar-refractivity contribution in [3.63, 3.8) is 0 Å². The molecule has 0 saturated carbocycles. The van der Waals surface area contributed by atoms with Gasteiger partial charge in [-0.3, -0.25) is 10.1 Å². The van der Waals surface area contributed by atoms with Crippen LogP contribution in [0.3, 0.4) is 0 Å². The molecule has 1 rings (SSSR count). The largest absolute Gasteiger partial charge is 0.338 e. The molecule has 0 atom stereocenters. The summed E-state index contributed by atoms with van der Waals surface area (Å²) in [5.74, 6) is 0.278. The van der Waals surface area contributed by atoms with E-state index in [0.717, 1.165) is 18.5 Å². The Kier molecular flexibility index (Phi) is 2.85. The number of hydrogen-bond acceptors (Lipinski definition) is 3. The van der Waals surface area contributed by atoms with Crippen LogP contribution >= 0.6 is 0 Å². The number of nitrogens with one attached hydrogen (secondary N) is 1. The van der Waals surface area contributed by atoms with Gasteiger partial charge < -0.3 is 4.52 Å². The molecule has 4 heteroatoms. The topological polar surface area (TPSA) is 55.1 Å². The molecule has 1 N–H and O–H groups in total. The summed E-state index contributed by atoms with van der Waals surface area (Å²) in [4.78, 5) is 10.6. The van der Waals surface area contributed by atoms with Crippen molar-refractivity contribution in [2.45, 2.75) is 26.7 Å². The Balaban J connectivity index is 2.58. The molecule has 0 aliphatic carbocycles.